The van der Waals surface area contributed by atoms with Crippen molar-refractivity contribution in [2.24, 2.45) is 0 Å². The van der Waals surface area contributed by atoms with Crippen LogP contribution in [0.2, 0.25) is 0 Å². The van der Waals surface area contributed by atoms with E-state index in [1.54, 1.807) is 0 Å². The fourth-order valence-electron chi connectivity index (χ4n) is 9.36. The molecule has 0 saturated heterocycles. The Balaban J connectivity index is 1.14. The van der Waals surface area contributed by atoms with Crippen LogP contribution in [-0.2, 0) is 0 Å². The van der Waals surface area contributed by atoms with Gasteiger partial charge in [0.2, 0.25) is 5.95 Å². The van der Waals surface area contributed by atoms with Crippen LogP contribution in [0, 0.1) is 0 Å². The molecule has 284 valence electrons. The standard InChI is InChI=1S/C55H33N5O/c1-2-15-34(16-3-1)35-19-14-20-38(29-35)53-56-54(58-55(57-53)60-48-26-11-6-21-40(48)41-22-7-12-27-49(41)60)46-33-39(32-45-43-24-9-13-28-51(43)61-52(45)46)59-47-25-10-8-23-42(47)44-30-36-17-4-5-18-37(36)31-50(44)59/h1-33H. The zero-order chi connectivity index (χ0) is 40.0. The number of para-hydroxylation sites is 4. The summed E-state index contributed by atoms with van der Waals surface area (Å²) in [7, 11) is 0. The van der Waals surface area contributed by atoms with E-state index in [9.17, 15) is 0 Å². The number of hydrogen-bond donors (Lipinski definition) is 0. The zero-order valence-corrected chi connectivity index (χ0v) is 32.7. The largest absolute Gasteiger partial charge is 0.455 e. The number of benzene rings is 9. The highest BCUT2D eigenvalue weighted by molar-refractivity contribution is 6.15. The number of fused-ring (bicyclic) bond motifs is 10. The van der Waals surface area contributed by atoms with Crippen LogP contribution in [0.4, 0.5) is 0 Å². The van der Waals surface area contributed by atoms with Crippen LogP contribution in [0.15, 0.2) is 205 Å². The first-order valence-corrected chi connectivity index (χ1v) is 20.5. The van der Waals surface area contributed by atoms with Crippen molar-refractivity contribution in [2.75, 3.05) is 0 Å². The Morgan fingerprint density at radius 2 is 0.918 bits per heavy atom. The Hall–Kier alpha value is -8.35. The van der Waals surface area contributed by atoms with Crippen LogP contribution in [0.3, 0.4) is 0 Å². The van der Waals surface area contributed by atoms with Crippen LogP contribution < -0.4 is 0 Å². The van der Waals surface area contributed by atoms with E-state index in [2.05, 4.69) is 191 Å². The van der Waals surface area contributed by atoms with Gasteiger partial charge in [-0.3, -0.25) is 4.57 Å². The Morgan fingerprint density at radius 1 is 0.344 bits per heavy atom. The maximum Gasteiger partial charge on any atom is 0.238 e. The summed E-state index contributed by atoms with van der Waals surface area (Å²) >= 11 is 0. The molecule has 0 bridgehead atoms. The van der Waals surface area contributed by atoms with Gasteiger partial charge in [-0.05, 0) is 76.5 Å². The predicted molar refractivity (Wildman–Crippen MR) is 250 cm³/mol. The molecular formula is C55H33N5O. The number of rotatable bonds is 5. The van der Waals surface area contributed by atoms with E-state index in [-0.39, 0.29) is 0 Å². The molecule has 0 radical (unpaired) electrons. The molecule has 0 aliphatic rings. The molecule has 0 aliphatic carbocycles. The Labute approximate surface area is 349 Å². The van der Waals surface area contributed by atoms with Gasteiger partial charge in [0.05, 0.1) is 27.6 Å². The molecule has 61 heavy (non-hydrogen) atoms. The van der Waals surface area contributed by atoms with Gasteiger partial charge in [0.25, 0.3) is 0 Å². The topological polar surface area (TPSA) is 61.7 Å². The average Bonchev–Trinajstić information content (AvgIpc) is 3.98. The maximum atomic E-state index is 6.82. The summed E-state index contributed by atoms with van der Waals surface area (Å²) in [6, 6.07) is 70.3. The quantitative estimate of drug-likeness (QED) is 0.175. The molecule has 6 heteroatoms. The van der Waals surface area contributed by atoms with E-state index in [0.717, 1.165) is 82.7 Å². The third-order valence-corrected chi connectivity index (χ3v) is 12.1. The summed E-state index contributed by atoms with van der Waals surface area (Å²) in [5.41, 5.74) is 10.7. The van der Waals surface area contributed by atoms with Crippen molar-refractivity contribution in [3.8, 4) is 45.5 Å². The fourth-order valence-corrected chi connectivity index (χ4v) is 9.36. The lowest BCUT2D eigenvalue weighted by molar-refractivity contribution is 0.669. The average molecular weight is 780 g/mol. The van der Waals surface area contributed by atoms with Crippen molar-refractivity contribution >= 4 is 76.3 Å². The Morgan fingerprint density at radius 3 is 1.67 bits per heavy atom. The lowest BCUT2D eigenvalue weighted by atomic mass is 10.0. The molecule has 13 aromatic rings. The number of nitrogens with zero attached hydrogens (tertiary/aromatic N) is 5. The molecule has 0 spiro atoms. The van der Waals surface area contributed by atoms with Crippen LogP contribution in [-0.4, -0.2) is 24.1 Å². The van der Waals surface area contributed by atoms with Gasteiger partial charge in [-0.15, -0.1) is 0 Å². The first-order chi connectivity index (χ1) is 30.2. The van der Waals surface area contributed by atoms with Crippen LogP contribution >= 0.6 is 0 Å². The van der Waals surface area contributed by atoms with Crippen molar-refractivity contribution in [1.29, 1.82) is 0 Å². The molecule has 6 nitrogen and oxygen atoms in total. The molecule has 13 rings (SSSR count). The van der Waals surface area contributed by atoms with E-state index in [4.69, 9.17) is 19.4 Å². The van der Waals surface area contributed by atoms with Gasteiger partial charge in [0, 0.05) is 43.6 Å². The van der Waals surface area contributed by atoms with Gasteiger partial charge in [0.1, 0.15) is 11.2 Å². The molecular weight excluding hydrogens is 747 g/mol. The van der Waals surface area contributed by atoms with Crippen LogP contribution in [0.25, 0.3) is 122 Å². The van der Waals surface area contributed by atoms with Crippen molar-refractivity contribution in [2.45, 2.75) is 0 Å². The van der Waals surface area contributed by atoms with Gasteiger partial charge < -0.3 is 8.98 Å². The van der Waals surface area contributed by atoms with Crippen molar-refractivity contribution in [3.05, 3.63) is 200 Å². The zero-order valence-electron chi connectivity index (χ0n) is 32.7. The van der Waals surface area contributed by atoms with Crippen molar-refractivity contribution in [3.63, 3.8) is 0 Å². The smallest absolute Gasteiger partial charge is 0.238 e. The van der Waals surface area contributed by atoms with Gasteiger partial charge in [0.15, 0.2) is 11.6 Å². The second-order valence-corrected chi connectivity index (χ2v) is 15.6. The lowest BCUT2D eigenvalue weighted by Crippen LogP contribution is -2.07. The predicted octanol–water partition coefficient (Wildman–Crippen LogP) is 14.1. The highest BCUT2D eigenvalue weighted by atomic mass is 16.3. The molecule has 4 aromatic heterocycles. The molecule has 0 saturated carbocycles. The van der Waals surface area contributed by atoms with Gasteiger partial charge in [-0.2, -0.15) is 9.97 Å². The summed E-state index contributed by atoms with van der Waals surface area (Å²) in [5, 5.41) is 9.06. The molecule has 0 atom stereocenters. The van der Waals surface area contributed by atoms with Crippen molar-refractivity contribution in [1.82, 2.24) is 24.1 Å². The van der Waals surface area contributed by atoms with Crippen molar-refractivity contribution < 1.29 is 4.42 Å². The van der Waals surface area contributed by atoms with Crippen LogP contribution in [0.1, 0.15) is 0 Å². The first-order valence-electron chi connectivity index (χ1n) is 20.5. The van der Waals surface area contributed by atoms with E-state index < -0.39 is 0 Å². The van der Waals surface area contributed by atoms with Gasteiger partial charge in [-0.25, -0.2) is 4.98 Å². The third kappa shape index (κ3) is 5.19. The van der Waals surface area contributed by atoms with Crippen LogP contribution in [0.5, 0.6) is 0 Å². The minimum absolute atomic E-state index is 0.518. The first kappa shape index (κ1) is 33.6. The summed E-state index contributed by atoms with van der Waals surface area (Å²) < 4.78 is 11.4. The molecule has 0 fully saturated rings. The number of furan rings is 1. The summed E-state index contributed by atoms with van der Waals surface area (Å²) in [6.45, 7) is 0. The fraction of sp³-hybridized carbons (Fsp3) is 0. The summed E-state index contributed by atoms with van der Waals surface area (Å²) in [5.74, 6) is 1.61. The van der Waals surface area contributed by atoms with Gasteiger partial charge >= 0.3 is 0 Å². The second kappa shape index (κ2) is 13.1. The summed E-state index contributed by atoms with van der Waals surface area (Å²) in [4.78, 5) is 16.1. The molecule has 0 unspecified atom stereocenters. The number of aromatic nitrogens is 5. The molecule has 0 aliphatic heterocycles. The van der Waals surface area contributed by atoms with E-state index in [1.165, 1.54) is 21.5 Å². The minimum atomic E-state index is 0.518. The lowest BCUT2D eigenvalue weighted by Gasteiger charge is -2.14. The number of hydrogen-bond acceptors (Lipinski definition) is 4. The highest BCUT2D eigenvalue weighted by Crippen LogP contribution is 2.41. The maximum absolute atomic E-state index is 6.82. The molecule has 0 N–H and O–H groups in total. The van der Waals surface area contributed by atoms with E-state index in [0.29, 0.717) is 17.6 Å². The third-order valence-electron chi connectivity index (χ3n) is 12.1. The normalized spacial score (nSPS) is 11.9. The minimum Gasteiger partial charge on any atom is -0.455 e. The Kier molecular flexibility index (Phi) is 7.21. The highest BCUT2D eigenvalue weighted by Gasteiger charge is 2.23. The summed E-state index contributed by atoms with van der Waals surface area (Å²) in [6.07, 6.45) is 0. The monoisotopic (exact) mass is 779 g/mol. The SMILES string of the molecule is c1ccc(-c2cccc(-c3nc(-c4cc(-n5c6ccccc6c6cc7ccccc7cc65)cc5c4oc4ccccc45)nc(-n4c5ccccc5c5ccccc54)n3)c2)cc1. The Bertz CT molecular complexity index is 3840. The molecule has 0 amide bonds. The van der Waals surface area contributed by atoms with E-state index in [1.807, 2.05) is 18.2 Å². The van der Waals surface area contributed by atoms with E-state index >= 15 is 0 Å². The van der Waals surface area contributed by atoms with Gasteiger partial charge in [-0.1, -0.05) is 146 Å². The molecule has 9 aromatic carbocycles. The second-order valence-electron chi connectivity index (χ2n) is 15.6. The molecule has 4 heterocycles.